The third kappa shape index (κ3) is 5.22. The van der Waals surface area contributed by atoms with Crippen molar-refractivity contribution in [1.82, 2.24) is 9.78 Å². The zero-order chi connectivity index (χ0) is 25.9. The van der Waals surface area contributed by atoms with Crippen LogP contribution < -0.4 is 19.5 Å². The Labute approximate surface area is 217 Å². The molecule has 37 heavy (non-hydrogen) atoms. The quantitative estimate of drug-likeness (QED) is 0.330. The van der Waals surface area contributed by atoms with Crippen LogP contribution in [0.3, 0.4) is 0 Å². The lowest BCUT2D eigenvalue weighted by atomic mass is 9.93. The molecule has 1 aliphatic heterocycles. The summed E-state index contributed by atoms with van der Waals surface area (Å²) in [7, 11) is 1.60. The Hall–Kier alpha value is -4.50. The number of anilines is 1. The molecule has 0 saturated heterocycles. The van der Waals surface area contributed by atoms with Gasteiger partial charge in [-0.2, -0.15) is 5.10 Å². The molecule has 5 rings (SSSR count). The van der Waals surface area contributed by atoms with Gasteiger partial charge in [0.15, 0.2) is 5.82 Å². The number of fused-ring (bicyclic) bond motifs is 1. The van der Waals surface area contributed by atoms with Crippen LogP contribution in [0.25, 0.3) is 5.69 Å². The van der Waals surface area contributed by atoms with Crippen LogP contribution in [-0.2, 0) is 4.79 Å². The molecular formula is C27H22ClN3O6. The Morgan fingerprint density at radius 1 is 1.08 bits per heavy atom. The van der Waals surface area contributed by atoms with Gasteiger partial charge in [0, 0.05) is 29.5 Å². The second-order valence-electron chi connectivity index (χ2n) is 8.27. The van der Waals surface area contributed by atoms with Crippen molar-refractivity contribution in [2.45, 2.75) is 12.3 Å². The molecule has 1 amide bonds. The predicted octanol–water partition coefficient (Wildman–Crippen LogP) is 5.53. The van der Waals surface area contributed by atoms with Gasteiger partial charge < -0.3 is 24.6 Å². The molecule has 3 aromatic carbocycles. The molecule has 9 nitrogen and oxygen atoms in total. The summed E-state index contributed by atoms with van der Waals surface area (Å²) >= 11 is 6.36. The largest absolute Gasteiger partial charge is 0.497 e. The zero-order valence-corrected chi connectivity index (χ0v) is 20.4. The molecule has 188 valence electrons. The predicted molar refractivity (Wildman–Crippen MR) is 137 cm³/mol. The van der Waals surface area contributed by atoms with E-state index < -0.39 is 11.9 Å². The van der Waals surface area contributed by atoms with E-state index in [0.29, 0.717) is 47.2 Å². The summed E-state index contributed by atoms with van der Waals surface area (Å²) in [6, 6.07) is 18.8. The average Bonchev–Trinajstić information content (AvgIpc) is 3.37. The summed E-state index contributed by atoms with van der Waals surface area (Å²) < 4.78 is 18.3. The molecule has 0 fully saturated rings. The third-order valence-corrected chi connectivity index (χ3v) is 6.21. The van der Waals surface area contributed by atoms with Crippen LogP contribution in [0.4, 0.5) is 5.82 Å². The number of amides is 1. The molecule has 1 aromatic heterocycles. The highest BCUT2D eigenvalue weighted by atomic mass is 35.5. The maximum atomic E-state index is 12.7. The standard InChI is InChI=1S/C27H22ClN3O6/c1-35-18-8-4-17(5-9-18)31-12-10-25(30-31)29-26(32)16-2-6-19(7-3-16)37-24-15-23-21(14-22(24)28)20(27(33)34)11-13-36-23/h2-10,12,14-15,20H,11,13H2,1H3,(H,33,34)(H,29,30,32). The fourth-order valence-corrected chi connectivity index (χ4v) is 4.19. The number of halogens is 1. The molecule has 0 spiro atoms. The first-order chi connectivity index (χ1) is 17.9. The lowest BCUT2D eigenvalue weighted by Gasteiger charge is -2.24. The summed E-state index contributed by atoms with van der Waals surface area (Å²) in [4.78, 5) is 24.2. The van der Waals surface area contributed by atoms with Gasteiger partial charge in [0.05, 0.1) is 30.3 Å². The van der Waals surface area contributed by atoms with E-state index in [2.05, 4.69) is 10.4 Å². The Morgan fingerprint density at radius 3 is 2.51 bits per heavy atom. The Morgan fingerprint density at radius 2 is 1.81 bits per heavy atom. The smallest absolute Gasteiger partial charge is 0.311 e. The summed E-state index contributed by atoms with van der Waals surface area (Å²) in [5.41, 5.74) is 1.76. The molecule has 0 saturated carbocycles. The number of carboxylic acid groups (broad SMARTS) is 1. The maximum Gasteiger partial charge on any atom is 0.311 e. The third-order valence-electron chi connectivity index (χ3n) is 5.91. The molecule has 1 unspecified atom stereocenters. The van der Waals surface area contributed by atoms with Crippen molar-refractivity contribution in [3.8, 4) is 28.7 Å². The zero-order valence-electron chi connectivity index (χ0n) is 19.7. The summed E-state index contributed by atoms with van der Waals surface area (Å²) in [5, 5.41) is 16.9. The van der Waals surface area contributed by atoms with Gasteiger partial charge in [0.2, 0.25) is 0 Å². The lowest BCUT2D eigenvalue weighted by Crippen LogP contribution is -2.20. The SMILES string of the molecule is COc1ccc(-n2ccc(NC(=O)c3ccc(Oc4cc5c(cc4Cl)C(C(=O)O)CCO5)cc3)n2)cc1. The number of hydrogen-bond donors (Lipinski definition) is 2. The molecule has 1 atom stereocenters. The number of carboxylic acids is 1. The number of ether oxygens (including phenoxy) is 3. The molecule has 0 radical (unpaired) electrons. The number of benzene rings is 3. The molecule has 10 heteroatoms. The molecular weight excluding hydrogens is 498 g/mol. The fourth-order valence-electron chi connectivity index (χ4n) is 3.98. The second kappa shape index (κ2) is 10.2. The number of rotatable bonds is 7. The van der Waals surface area contributed by atoms with Crippen LogP contribution >= 0.6 is 11.6 Å². The van der Waals surface area contributed by atoms with E-state index in [9.17, 15) is 14.7 Å². The van der Waals surface area contributed by atoms with Gasteiger partial charge in [-0.15, -0.1) is 0 Å². The minimum absolute atomic E-state index is 0.268. The van der Waals surface area contributed by atoms with Gasteiger partial charge >= 0.3 is 5.97 Å². The number of hydrogen-bond acceptors (Lipinski definition) is 6. The van der Waals surface area contributed by atoms with Gasteiger partial charge in [-0.1, -0.05) is 11.6 Å². The van der Waals surface area contributed by atoms with Gasteiger partial charge in [-0.05, 0) is 61.0 Å². The monoisotopic (exact) mass is 519 g/mol. The highest BCUT2D eigenvalue weighted by Crippen LogP contribution is 2.41. The highest BCUT2D eigenvalue weighted by molar-refractivity contribution is 6.32. The number of carbonyl (C=O) groups is 2. The summed E-state index contributed by atoms with van der Waals surface area (Å²) in [5.74, 6) is 0.439. The van der Waals surface area contributed by atoms with Crippen LogP contribution in [0.5, 0.6) is 23.0 Å². The summed E-state index contributed by atoms with van der Waals surface area (Å²) in [6.07, 6.45) is 2.13. The van der Waals surface area contributed by atoms with Crippen LogP contribution in [-0.4, -0.2) is 40.5 Å². The molecule has 0 bridgehead atoms. The normalized spacial score (nSPS) is 14.3. The van der Waals surface area contributed by atoms with Gasteiger partial charge in [0.25, 0.3) is 5.91 Å². The molecule has 2 heterocycles. The van der Waals surface area contributed by atoms with E-state index in [1.807, 2.05) is 24.3 Å². The lowest BCUT2D eigenvalue weighted by molar-refractivity contribution is -0.139. The molecule has 1 aliphatic rings. The van der Waals surface area contributed by atoms with Crippen molar-refractivity contribution >= 4 is 29.3 Å². The minimum atomic E-state index is -0.921. The second-order valence-corrected chi connectivity index (χ2v) is 8.68. The Kier molecular flexibility index (Phi) is 6.70. The highest BCUT2D eigenvalue weighted by Gasteiger charge is 2.29. The minimum Gasteiger partial charge on any atom is -0.497 e. The van der Waals surface area contributed by atoms with E-state index in [4.69, 9.17) is 25.8 Å². The molecule has 4 aromatic rings. The van der Waals surface area contributed by atoms with Crippen LogP contribution in [0.1, 0.15) is 28.3 Å². The van der Waals surface area contributed by atoms with Crippen molar-refractivity contribution in [3.05, 3.63) is 89.1 Å². The van der Waals surface area contributed by atoms with E-state index in [1.165, 1.54) is 0 Å². The van der Waals surface area contributed by atoms with E-state index in [-0.39, 0.29) is 10.9 Å². The van der Waals surface area contributed by atoms with Gasteiger partial charge in [0.1, 0.15) is 23.0 Å². The first-order valence-electron chi connectivity index (χ1n) is 11.4. The van der Waals surface area contributed by atoms with Crippen LogP contribution in [0.15, 0.2) is 72.9 Å². The van der Waals surface area contributed by atoms with Gasteiger partial charge in [-0.25, -0.2) is 4.68 Å². The Balaban J connectivity index is 1.25. The fraction of sp³-hybridized carbons (Fsp3) is 0.148. The molecule has 0 aliphatic carbocycles. The van der Waals surface area contributed by atoms with Gasteiger partial charge in [-0.3, -0.25) is 9.59 Å². The number of nitrogens with one attached hydrogen (secondary N) is 1. The number of aliphatic carboxylic acids is 1. The Bertz CT molecular complexity index is 1450. The van der Waals surface area contributed by atoms with Crippen LogP contribution in [0.2, 0.25) is 5.02 Å². The van der Waals surface area contributed by atoms with E-state index in [1.54, 1.807) is 60.5 Å². The number of aromatic nitrogens is 2. The topological polar surface area (TPSA) is 112 Å². The molecule has 2 N–H and O–H groups in total. The maximum absolute atomic E-state index is 12.7. The number of nitrogens with zero attached hydrogens (tertiary/aromatic N) is 2. The van der Waals surface area contributed by atoms with Crippen molar-refractivity contribution in [2.75, 3.05) is 19.0 Å². The van der Waals surface area contributed by atoms with Crippen molar-refractivity contribution in [2.24, 2.45) is 0 Å². The average molecular weight is 520 g/mol. The van der Waals surface area contributed by atoms with Crippen molar-refractivity contribution in [1.29, 1.82) is 0 Å². The number of methoxy groups -OCH3 is 1. The first kappa shape index (κ1) is 24.2. The van der Waals surface area contributed by atoms with Crippen LogP contribution in [0, 0.1) is 0 Å². The summed E-state index contributed by atoms with van der Waals surface area (Å²) in [6.45, 7) is 0.299. The van der Waals surface area contributed by atoms with E-state index in [0.717, 1.165) is 11.4 Å². The first-order valence-corrected chi connectivity index (χ1v) is 11.8. The van der Waals surface area contributed by atoms with Crippen molar-refractivity contribution < 1.29 is 28.9 Å². The van der Waals surface area contributed by atoms with Crippen molar-refractivity contribution in [3.63, 3.8) is 0 Å². The van der Waals surface area contributed by atoms with E-state index >= 15 is 0 Å². The number of carbonyl (C=O) groups excluding carboxylic acids is 1.